The molecule has 0 fully saturated rings. The van der Waals surface area contributed by atoms with Gasteiger partial charge in [-0.3, -0.25) is 4.79 Å². The first-order valence-corrected chi connectivity index (χ1v) is 4.80. The summed E-state index contributed by atoms with van der Waals surface area (Å²) in [4.78, 5) is 10.5. The normalized spacial score (nSPS) is 11.8. The Morgan fingerprint density at radius 3 is 2.62 bits per heavy atom. The van der Waals surface area contributed by atoms with E-state index < -0.39 is 12.0 Å². The predicted octanol–water partition coefficient (Wildman–Crippen LogP) is -0.506. The molecule has 1 rings (SSSR count). The van der Waals surface area contributed by atoms with Crippen LogP contribution < -0.4 is 11.1 Å². The average Bonchev–Trinajstić information content (AvgIpc) is 2.29. The fourth-order valence-electron chi connectivity index (χ4n) is 1.15. The van der Waals surface area contributed by atoms with Crippen LogP contribution in [0, 0.1) is 11.3 Å². The van der Waals surface area contributed by atoms with Crippen LogP contribution in [0.1, 0.15) is 11.1 Å². The Morgan fingerprint density at radius 1 is 1.50 bits per heavy atom. The number of primary amides is 1. The highest BCUT2D eigenvalue weighted by Gasteiger charge is 2.09. The third-order valence-electron chi connectivity index (χ3n) is 2.08. The molecule has 0 saturated carbocycles. The molecule has 1 unspecified atom stereocenters. The molecule has 4 N–H and O–H groups in total. The van der Waals surface area contributed by atoms with Gasteiger partial charge < -0.3 is 16.2 Å². The second kappa shape index (κ2) is 5.85. The summed E-state index contributed by atoms with van der Waals surface area (Å²) < 4.78 is 0. The Labute approximate surface area is 93.5 Å². The van der Waals surface area contributed by atoms with E-state index in [1.165, 1.54) is 0 Å². The van der Waals surface area contributed by atoms with Crippen LogP contribution in [0.5, 0.6) is 0 Å². The lowest BCUT2D eigenvalue weighted by atomic mass is 10.1. The Kier molecular flexibility index (Phi) is 4.45. The Bertz CT molecular complexity index is 395. The summed E-state index contributed by atoms with van der Waals surface area (Å²) in [6, 6.07) is 9.06. The molecule has 0 heterocycles. The fourth-order valence-corrected chi connectivity index (χ4v) is 1.15. The van der Waals surface area contributed by atoms with Gasteiger partial charge in [0, 0.05) is 13.1 Å². The predicted molar refractivity (Wildman–Crippen MR) is 58.1 cm³/mol. The van der Waals surface area contributed by atoms with E-state index in [4.69, 9.17) is 16.1 Å². The van der Waals surface area contributed by atoms with Crippen LogP contribution in [-0.2, 0) is 11.3 Å². The minimum atomic E-state index is -1.17. The van der Waals surface area contributed by atoms with Crippen molar-refractivity contribution in [2.45, 2.75) is 12.6 Å². The maximum Gasteiger partial charge on any atom is 0.247 e. The smallest absolute Gasteiger partial charge is 0.247 e. The van der Waals surface area contributed by atoms with E-state index in [2.05, 4.69) is 5.32 Å². The van der Waals surface area contributed by atoms with E-state index in [0.717, 1.165) is 5.56 Å². The van der Waals surface area contributed by atoms with Gasteiger partial charge in [0.2, 0.25) is 5.91 Å². The van der Waals surface area contributed by atoms with Gasteiger partial charge in [-0.2, -0.15) is 5.26 Å². The van der Waals surface area contributed by atoms with Gasteiger partial charge in [0.25, 0.3) is 0 Å². The summed E-state index contributed by atoms with van der Waals surface area (Å²) in [5.41, 5.74) is 6.45. The minimum absolute atomic E-state index is 0.120. The second-order valence-electron chi connectivity index (χ2n) is 3.36. The van der Waals surface area contributed by atoms with Gasteiger partial charge in [0.1, 0.15) is 6.10 Å². The molecule has 0 radical (unpaired) electrons. The number of aliphatic hydroxyl groups excluding tert-OH is 1. The Balaban J connectivity index is 2.38. The fraction of sp³-hybridized carbons (Fsp3) is 0.273. The summed E-state index contributed by atoms with van der Waals surface area (Å²) in [5.74, 6) is -0.743. The molecule has 1 amide bonds. The van der Waals surface area contributed by atoms with Crippen LogP contribution in [0.2, 0.25) is 0 Å². The number of nitrogens with one attached hydrogen (secondary N) is 1. The first-order chi connectivity index (χ1) is 7.63. The minimum Gasteiger partial charge on any atom is -0.382 e. The van der Waals surface area contributed by atoms with Crippen molar-refractivity contribution in [3.8, 4) is 6.07 Å². The van der Waals surface area contributed by atoms with Crippen molar-refractivity contribution in [1.82, 2.24) is 5.32 Å². The molecule has 0 aliphatic rings. The molecular formula is C11H13N3O2. The first kappa shape index (κ1) is 12.2. The van der Waals surface area contributed by atoms with E-state index in [0.29, 0.717) is 12.1 Å². The lowest BCUT2D eigenvalue weighted by Gasteiger charge is -2.08. The highest BCUT2D eigenvalue weighted by atomic mass is 16.3. The zero-order chi connectivity index (χ0) is 12.0. The standard InChI is InChI=1S/C11H13N3O2/c12-5-8-1-3-9(4-2-8)6-14-7-10(15)11(13)16/h1-4,10,14-15H,6-7H2,(H2,13,16). The van der Waals surface area contributed by atoms with Crippen molar-refractivity contribution in [3.63, 3.8) is 0 Å². The highest BCUT2D eigenvalue weighted by Crippen LogP contribution is 2.02. The van der Waals surface area contributed by atoms with Gasteiger partial charge in [-0.15, -0.1) is 0 Å². The van der Waals surface area contributed by atoms with Crippen LogP contribution in [0.4, 0.5) is 0 Å². The van der Waals surface area contributed by atoms with Crippen LogP contribution in [0.15, 0.2) is 24.3 Å². The molecule has 5 heteroatoms. The molecule has 0 aromatic heterocycles. The van der Waals surface area contributed by atoms with Crippen LogP contribution in [-0.4, -0.2) is 23.7 Å². The molecule has 0 aliphatic carbocycles. The molecule has 1 aromatic rings. The van der Waals surface area contributed by atoms with Gasteiger partial charge in [0.15, 0.2) is 0 Å². The van der Waals surface area contributed by atoms with E-state index in [9.17, 15) is 4.79 Å². The van der Waals surface area contributed by atoms with E-state index >= 15 is 0 Å². The number of hydrogen-bond acceptors (Lipinski definition) is 4. The van der Waals surface area contributed by atoms with Gasteiger partial charge in [0.05, 0.1) is 11.6 Å². The zero-order valence-electron chi connectivity index (χ0n) is 8.68. The maximum absolute atomic E-state index is 10.5. The van der Waals surface area contributed by atoms with Crippen molar-refractivity contribution >= 4 is 5.91 Å². The molecule has 84 valence electrons. The van der Waals surface area contributed by atoms with Crippen molar-refractivity contribution in [3.05, 3.63) is 35.4 Å². The van der Waals surface area contributed by atoms with Crippen LogP contribution in [0.3, 0.4) is 0 Å². The van der Waals surface area contributed by atoms with Crippen molar-refractivity contribution in [1.29, 1.82) is 5.26 Å². The molecular weight excluding hydrogens is 206 g/mol. The summed E-state index contributed by atoms with van der Waals surface area (Å²) in [7, 11) is 0. The lowest BCUT2D eigenvalue weighted by Crippen LogP contribution is -2.37. The number of nitrogens with two attached hydrogens (primary N) is 1. The van der Waals surface area contributed by atoms with E-state index in [1.807, 2.05) is 18.2 Å². The SMILES string of the molecule is N#Cc1ccc(CNCC(O)C(N)=O)cc1. The first-order valence-electron chi connectivity index (χ1n) is 4.80. The topological polar surface area (TPSA) is 99.1 Å². The number of rotatable bonds is 5. The number of aliphatic hydroxyl groups is 1. The van der Waals surface area contributed by atoms with Crippen molar-refractivity contribution in [2.75, 3.05) is 6.54 Å². The number of nitriles is 1. The summed E-state index contributed by atoms with van der Waals surface area (Å²) >= 11 is 0. The number of nitrogens with zero attached hydrogens (tertiary/aromatic N) is 1. The molecule has 1 atom stereocenters. The van der Waals surface area contributed by atoms with Crippen LogP contribution >= 0.6 is 0 Å². The number of carbonyl (C=O) groups excluding carboxylic acids is 1. The third-order valence-corrected chi connectivity index (χ3v) is 2.08. The van der Waals surface area contributed by atoms with Crippen molar-refractivity contribution in [2.24, 2.45) is 5.73 Å². The molecule has 16 heavy (non-hydrogen) atoms. The van der Waals surface area contributed by atoms with Crippen molar-refractivity contribution < 1.29 is 9.90 Å². The molecule has 5 nitrogen and oxygen atoms in total. The van der Waals surface area contributed by atoms with Gasteiger partial charge in [-0.1, -0.05) is 12.1 Å². The Hall–Kier alpha value is -1.90. The second-order valence-corrected chi connectivity index (χ2v) is 3.36. The quantitative estimate of drug-likeness (QED) is 0.621. The summed E-state index contributed by atoms with van der Waals surface area (Å²) in [5, 5.41) is 20.6. The molecule has 0 saturated heterocycles. The van der Waals surface area contributed by atoms with Crippen LogP contribution in [0.25, 0.3) is 0 Å². The summed E-state index contributed by atoms with van der Waals surface area (Å²) in [6.45, 7) is 0.630. The maximum atomic E-state index is 10.5. The highest BCUT2D eigenvalue weighted by molar-refractivity contribution is 5.78. The number of benzene rings is 1. The molecule has 0 spiro atoms. The third kappa shape index (κ3) is 3.69. The molecule has 1 aromatic carbocycles. The summed E-state index contributed by atoms with van der Waals surface area (Å²) in [6.07, 6.45) is -1.17. The zero-order valence-corrected chi connectivity index (χ0v) is 8.68. The van der Waals surface area contributed by atoms with Gasteiger partial charge in [-0.05, 0) is 17.7 Å². The lowest BCUT2D eigenvalue weighted by molar-refractivity contribution is -0.125. The number of amides is 1. The van der Waals surface area contributed by atoms with Gasteiger partial charge >= 0.3 is 0 Å². The number of carbonyl (C=O) groups is 1. The molecule has 0 aliphatic heterocycles. The Morgan fingerprint density at radius 2 is 2.12 bits per heavy atom. The monoisotopic (exact) mass is 219 g/mol. The largest absolute Gasteiger partial charge is 0.382 e. The van der Waals surface area contributed by atoms with E-state index in [-0.39, 0.29) is 6.54 Å². The average molecular weight is 219 g/mol. The number of hydrogen-bond donors (Lipinski definition) is 3. The molecule has 0 bridgehead atoms. The van der Waals surface area contributed by atoms with Gasteiger partial charge in [-0.25, -0.2) is 0 Å². The van der Waals surface area contributed by atoms with E-state index in [1.54, 1.807) is 12.1 Å².